The molecule has 0 atom stereocenters. The number of nitrogens with zero attached hydrogens (tertiary/aromatic N) is 3. The van der Waals surface area contributed by atoms with Gasteiger partial charge in [0.05, 0.1) is 12.8 Å². The lowest BCUT2D eigenvalue weighted by atomic mass is 9.96. The van der Waals surface area contributed by atoms with Crippen LogP contribution in [0.1, 0.15) is 12.8 Å². The van der Waals surface area contributed by atoms with E-state index in [1.807, 2.05) is 48.5 Å². The summed E-state index contributed by atoms with van der Waals surface area (Å²) in [5, 5.41) is 12.4. The first-order valence-electron chi connectivity index (χ1n) is 9.92. The molecule has 2 heterocycles. The Morgan fingerprint density at radius 2 is 1.77 bits per heavy atom. The molecule has 0 spiro atoms. The van der Waals surface area contributed by atoms with E-state index in [2.05, 4.69) is 20.4 Å². The van der Waals surface area contributed by atoms with Crippen molar-refractivity contribution in [1.29, 1.82) is 0 Å². The largest absolute Gasteiger partial charge is 0.496 e. The van der Waals surface area contributed by atoms with Gasteiger partial charge in [-0.1, -0.05) is 23.7 Å². The van der Waals surface area contributed by atoms with Crippen LogP contribution in [0.2, 0.25) is 5.02 Å². The number of carbonyl (C=O) groups is 1. The van der Waals surface area contributed by atoms with Gasteiger partial charge in [0.2, 0.25) is 5.91 Å². The number of ether oxygens (including phenoxy) is 1. The fourth-order valence-electron chi connectivity index (χ4n) is 3.64. The minimum absolute atomic E-state index is 0.0160. The van der Waals surface area contributed by atoms with Crippen LogP contribution in [0.25, 0.3) is 11.3 Å². The third-order valence-electron chi connectivity index (χ3n) is 5.33. The number of aromatic nitrogens is 2. The summed E-state index contributed by atoms with van der Waals surface area (Å²) >= 11 is 5.90. The molecule has 0 bridgehead atoms. The van der Waals surface area contributed by atoms with Gasteiger partial charge < -0.3 is 15.0 Å². The molecule has 1 aromatic heterocycles. The van der Waals surface area contributed by atoms with Gasteiger partial charge in [-0.15, -0.1) is 10.2 Å². The van der Waals surface area contributed by atoms with E-state index < -0.39 is 0 Å². The van der Waals surface area contributed by atoms with Crippen molar-refractivity contribution in [3.63, 3.8) is 0 Å². The molecule has 1 amide bonds. The predicted molar refractivity (Wildman–Crippen MR) is 119 cm³/mol. The Hall–Kier alpha value is -3.12. The van der Waals surface area contributed by atoms with E-state index in [9.17, 15) is 4.79 Å². The summed E-state index contributed by atoms with van der Waals surface area (Å²) in [7, 11) is 1.65. The third kappa shape index (κ3) is 4.54. The molecular weight excluding hydrogens is 400 g/mol. The van der Waals surface area contributed by atoms with E-state index in [4.69, 9.17) is 16.3 Å². The number of carbonyl (C=O) groups excluding carboxylic acids is 1. The quantitative estimate of drug-likeness (QED) is 0.647. The molecule has 1 aliphatic heterocycles. The van der Waals surface area contributed by atoms with Gasteiger partial charge in [-0.3, -0.25) is 4.79 Å². The highest BCUT2D eigenvalue weighted by Crippen LogP contribution is 2.29. The summed E-state index contributed by atoms with van der Waals surface area (Å²) in [6.07, 6.45) is 1.55. The molecule has 4 rings (SSSR count). The van der Waals surface area contributed by atoms with Crippen LogP contribution in [0.5, 0.6) is 5.75 Å². The lowest BCUT2D eigenvalue weighted by Gasteiger charge is -2.31. The van der Waals surface area contributed by atoms with E-state index in [-0.39, 0.29) is 11.8 Å². The molecule has 1 fully saturated rings. The van der Waals surface area contributed by atoms with E-state index in [1.54, 1.807) is 19.2 Å². The first kappa shape index (κ1) is 20.2. The fourth-order valence-corrected chi connectivity index (χ4v) is 3.77. The van der Waals surface area contributed by atoms with E-state index in [1.165, 1.54) is 0 Å². The number of hydrogen-bond donors (Lipinski definition) is 1. The first-order valence-corrected chi connectivity index (χ1v) is 10.3. The predicted octanol–water partition coefficient (Wildman–Crippen LogP) is 4.66. The molecule has 7 heteroatoms. The molecule has 0 saturated carbocycles. The van der Waals surface area contributed by atoms with Gasteiger partial charge in [-0.2, -0.15) is 0 Å². The second kappa shape index (κ2) is 9.13. The Labute approximate surface area is 180 Å². The molecule has 2 aromatic carbocycles. The normalized spacial score (nSPS) is 14.4. The highest BCUT2D eigenvalue weighted by Gasteiger charge is 2.26. The molecule has 3 aromatic rings. The summed E-state index contributed by atoms with van der Waals surface area (Å²) in [4.78, 5) is 14.7. The Kier molecular flexibility index (Phi) is 6.14. The van der Waals surface area contributed by atoms with Crippen LogP contribution >= 0.6 is 11.6 Å². The van der Waals surface area contributed by atoms with Gasteiger partial charge >= 0.3 is 0 Å². The van der Waals surface area contributed by atoms with Gasteiger partial charge in [0.15, 0.2) is 5.82 Å². The van der Waals surface area contributed by atoms with Crippen LogP contribution in [0, 0.1) is 5.92 Å². The van der Waals surface area contributed by atoms with E-state index >= 15 is 0 Å². The van der Waals surface area contributed by atoms with Crippen molar-refractivity contribution in [3.8, 4) is 17.0 Å². The van der Waals surface area contributed by atoms with Crippen LogP contribution in [0.15, 0.2) is 60.7 Å². The highest BCUT2D eigenvalue weighted by molar-refractivity contribution is 6.30. The molecule has 6 nitrogen and oxygen atoms in total. The standard InChI is InChI=1S/C23H23ClN4O2/c1-30-21-5-3-2-4-19(21)20-10-11-22(27-26-20)28-14-12-16(13-15-28)23(29)25-18-8-6-17(24)7-9-18/h2-11,16H,12-15H2,1H3,(H,25,29). The second-order valence-corrected chi connectivity index (χ2v) is 7.67. The summed E-state index contributed by atoms with van der Waals surface area (Å²) in [6, 6.07) is 18.9. The number of nitrogens with one attached hydrogen (secondary N) is 1. The van der Waals surface area contributed by atoms with Crippen molar-refractivity contribution < 1.29 is 9.53 Å². The Morgan fingerprint density at radius 1 is 1.03 bits per heavy atom. The van der Waals surface area contributed by atoms with Crippen molar-refractivity contribution in [1.82, 2.24) is 10.2 Å². The van der Waals surface area contributed by atoms with Crippen LogP contribution in [-0.2, 0) is 4.79 Å². The minimum atomic E-state index is -0.0160. The number of piperidine rings is 1. The number of amides is 1. The topological polar surface area (TPSA) is 67.3 Å². The molecule has 1 saturated heterocycles. The maximum atomic E-state index is 12.6. The number of rotatable bonds is 5. The second-order valence-electron chi connectivity index (χ2n) is 7.23. The maximum absolute atomic E-state index is 12.6. The summed E-state index contributed by atoms with van der Waals surface area (Å²) in [6.45, 7) is 1.53. The molecule has 0 unspecified atom stereocenters. The summed E-state index contributed by atoms with van der Waals surface area (Å²) in [5.74, 6) is 1.63. The maximum Gasteiger partial charge on any atom is 0.227 e. The van der Waals surface area contributed by atoms with Gasteiger partial charge in [-0.25, -0.2) is 0 Å². The summed E-state index contributed by atoms with van der Waals surface area (Å²) in [5.41, 5.74) is 2.45. The average molecular weight is 423 g/mol. The first-order chi connectivity index (χ1) is 14.6. The molecule has 1 aliphatic rings. The van der Waals surface area contributed by atoms with Crippen LogP contribution in [0.3, 0.4) is 0 Å². The van der Waals surface area contributed by atoms with E-state index in [0.29, 0.717) is 5.02 Å². The number of anilines is 2. The smallest absolute Gasteiger partial charge is 0.227 e. The van der Waals surface area contributed by atoms with Crippen molar-refractivity contribution in [3.05, 3.63) is 65.7 Å². The third-order valence-corrected chi connectivity index (χ3v) is 5.59. The van der Waals surface area contributed by atoms with Crippen molar-refractivity contribution in [2.45, 2.75) is 12.8 Å². The van der Waals surface area contributed by atoms with Gasteiger partial charge in [-0.05, 0) is 61.4 Å². The zero-order chi connectivity index (χ0) is 20.9. The van der Waals surface area contributed by atoms with Crippen molar-refractivity contribution >= 4 is 29.0 Å². The van der Waals surface area contributed by atoms with E-state index in [0.717, 1.165) is 54.4 Å². The zero-order valence-electron chi connectivity index (χ0n) is 16.7. The Morgan fingerprint density at radius 3 is 2.43 bits per heavy atom. The molecule has 0 aliphatic carbocycles. The Balaban J connectivity index is 1.36. The monoisotopic (exact) mass is 422 g/mol. The number of halogens is 1. The van der Waals surface area contributed by atoms with Crippen molar-refractivity contribution in [2.24, 2.45) is 5.92 Å². The van der Waals surface area contributed by atoms with Crippen LogP contribution in [0.4, 0.5) is 11.5 Å². The highest BCUT2D eigenvalue weighted by atomic mass is 35.5. The lowest BCUT2D eigenvalue weighted by molar-refractivity contribution is -0.120. The van der Waals surface area contributed by atoms with Crippen LogP contribution < -0.4 is 15.0 Å². The minimum Gasteiger partial charge on any atom is -0.496 e. The molecule has 154 valence electrons. The molecular formula is C23H23ClN4O2. The number of hydrogen-bond acceptors (Lipinski definition) is 5. The fraction of sp³-hybridized carbons (Fsp3) is 0.261. The number of methoxy groups -OCH3 is 1. The van der Waals surface area contributed by atoms with Gasteiger partial charge in [0.1, 0.15) is 5.75 Å². The summed E-state index contributed by atoms with van der Waals surface area (Å²) < 4.78 is 5.41. The number of benzene rings is 2. The van der Waals surface area contributed by atoms with Crippen LogP contribution in [-0.4, -0.2) is 36.3 Å². The average Bonchev–Trinajstić information content (AvgIpc) is 2.81. The molecule has 1 N–H and O–H groups in total. The van der Waals surface area contributed by atoms with Gasteiger partial charge in [0, 0.05) is 35.3 Å². The number of para-hydroxylation sites is 1. The molecule has 30 heavy (non-hydrogen) atoms. The zero-order valence-corrected chi connectivity index (χ0v) is 17.5. The Bertz CT molecular complexity index is 1000. The molecule has 0 radical (unpaired) electrons. The van der Waals surface area contributed by atoms with Crippen molar-refractivity contribution in [2.75, 3.05) is 30.4 Å². The lowest BCUT2D eigenvalue weighted by Crippen LogP contribution is -2.38. The SMILES string of the molecule is COc1ccccc1-c1ccc(N2CCC(C(=O)Nc3ccc(Cl)cc3)CC2)nn1. The van der Waals surface area contributed by atoms with Gasteiger partial charge in [0.25, 0.3) is 0 Å².